The first-order valence-corrected chi connectivity index (χ1v) is 5.72. The number of hydrogen-bond donors (Lipinski definition) is 1. The van der Waals surface area contributed by atoms with Crippen LogP contribution in [0.3, 0.4) is 0 Å². The smallest absolute Gasteiger partial charge is 0.160 e. The molecule has 0 aliphatic heterocycles. The summed E-state index contributed by atoms with van der Waals surface area (Å²) in [6.45, 7) is 2.03. The summed E-state index contributed by atoms with van der Waals surface area (Å²) in [7, 11) is 0. The normalized spacial score (nSPS) is 19.7. The lowest BCUT2D eigenvalue weighted by molar-refractivity contribution is -0.116. The number of rotatable bonds is 4. The molecule has 2 N–H and O–H groups in total. The predicted molar refractivity (Wildman–Crippen MR) is 59.1 cm³/mol. The van der Waals surface area contributed by atoms with Gasteiger partial charge in [0, 0.05) is 12.5 Å². The highest BCUT2D eigenvalue weighted by Gasteiger charge is 2.13. The zero-order valence-electron chi connectivity index (χ0n) is 9.09. The average molecular weight is 195 g/mol. The monoisotopic (exact) mass is 195 g/mol. The lowest BCUT2D eigenvalue weighted by Crippen LogP contribution is -2.23. The largest absolute Gasteiger partial charge is 0.327 e. The van der Waals surface area contributed by atoms with Crippen molar-refractivity contribution in [3.05, 3.63) is 11.6 Å². The third-order valence-electron chi connectivity index (χ3n) is 2.87. The van der Waals surface area contributed by atoms with Gasteiger partial charge in [0.1, 0.15) is 0 Å². The third kappa shape index (κ3) is 3.62. The van der Waals surface area contributed by atoms with E-state index in [-0.39, 0.29) is 11.8 Å². The molecule has 0 heterocycles. The average Bonchev–Trinajstić information content (AvgIpc) is 2.45. The molecule has 0 aromatic heterocycles. The van der Waals surface area contributed by atoms with Crippen LogP contribution in [0.4, 0.5) is 0 Å². The number of ketones is 1. The van der Waals surface area contributed by atoms with Crippen LogP contribution in [0.1, 0.15) is 51.9 Å². The molecule has 2 nitrogen and oxygen atoms in total. The Balaban J connectivity index is 2.45. The van der Waals surface area contributed by atoms with Crippen molar-refractivity contribution in [1.82, 2.24) is 0 Å². The second kappa shape index (κ2) is 5.97. The Bertz CT molecular complexity index is 220. The molecular formula is C12H21NO. The minimum atomic E-state index is 0.0478. The van der Waals surface area contributed by atoms with Crippen LogP contribution in [0.2, 0.25) is 0 Å². The lowest BCUT2D eigenvalue weighted by Gasteiger charge is -2.09. The van der Waals surface area contributed by atoms with Crippen LogP contribution < -0.4 is 5.73 Å². The summed E-state index contributed by atoms with van der Waals surface area (Å²) in [4.78, 5) is 11.8. The van der Waals surface area contributed by atoms with Gasteiger partial charge in [-0.25, -0.2) is 0 Å². The Morgan fingerprint density at radius 3 is 3.00 bits per heavy atom. The summed E-state index contributed by atoms with van der Waals surface area (Å²) in [6, 6.07) is 0.0478. The highest BCUT2D eigenvalue weighted by atomic mass is 16.1. The van der Waals surface area contributed by atoms with E-state index in [1.807, 2.05) is 6.92 Å². The molecule has 1 unspecified atom stereocenters. The maximum atomic E-state index is 11.8. The van der Waals surface area contributed by atoms with Gasteiger partial charge in [0.15, 0.2) is 5.78 Å². The molecule has 0 bridgehead atoms. The van der Waals surface area contributed by atoms with E-state index in [1.54, 1.807) is 0 Å². The molecule has 1 rings (SSSR count). The van der Waals surface area contributed by atoms with Crippen molar-refractivity contribution >= 4 is 5.78 Å². The summed E-state index contributed by atoms with van der Waals surface area (Å²) in [5, 5.41) is 0. The van der Waals surface area contributed by atoms with E-state index in [1.165, 1.54) is 19.3 Å². The molecule has 0 amide bonds. The first-order chi connectivity index (χ1) is 6.74. The number of hydrogen-bond acceptors (Lipinski definition) is 2. The topological polar surface area (TPSA) is 43.1 Å². The highest BCUT2D eigenvalue weighted by molar-refractivity contribution is 5.95. The molecule has 0 spiro atoms. The van der Waals surface area contributed by atoms with E-state index in [0.29, 0.717) is 6.42 Å². The summed E-state index contributed by atoms with van der Waals surface area (Å²) >= 11 is 0. The van der Waals surface area contributed by atoms with E-state index in [0.717, 1.165) is 24.8 Å². The van der Waals surface area contributed by atoms with Gasteiger partial charge in [0.2, 0.25) is 0 Å². The van der Waals surface area contributed by atoms with Gasteiger partial charge in [-0.2, -0.15) is 0 Å². The van der Waals surface area contributed by atoms with Gasteiger partial charge in [0.05, 0.1) is 0 Å². The number of carbonyl (C=O) groups excluding carboxylic acids is 1. The molecule has 14 heavy (non-hydrogen) atoms. The molecule has 1 atom stereocenters. The van der Waals surface area contributed by atoms with Crippen LogP contribution in [0.5, 0.6) is 0 Å². The van der Waals surface area contributed by atoms with Gasteiger partial charge in [-0.05, 0) is 37.7 Å². The predicted octanol–water partition coefficient (Wildman–Crippen LogP) is 2.57. The van der Waals surface area contributed by atoms with E-state index in [9.17, 15) is 4.79 Å². The fraction of sp³-hybridized carbons (Fsp3) is 0.750. The van der Waals surface area contributed by atoms with E-state index in [4.69, 9.17) is 5.73 Å². The molecule has 2 heteroatoms. The first kappa shape index (κ1) is 11.4. The van der Waals surface area contributed by atoms with E-state index in [2.05, 4.69) is 6.08 Å². The molecular weight excluding hydrogens is 174 g/mol. The maximum absolute atomic E-state index is 11.8. The Morgan fingerprint density at radius 1 is 1.50 bits per heavy atom. The van der Waals surface area contributed by atoms with Crippen molar-refractivity contribution in [1.29, 1.82) is 0 Å². The van der Waals surface area contributed by atoms with Crippen LogP contribution in [-0.2, 0) is 4.79 Å². The molecule has 0 aromatic rings. The van der Waals surface area contributed by atoms with Gasteiger partial charge in [-0.3, -0.25) is 4.79 Å². The number of carbonyl (C=O) groups is 1. The van der Waals surface area contributed by atoms with E-state index < -0.39 is 0 Å². The zero-order chi connectivity index (χ0) is 10.4. The van der Waals surface area contributed by atoms with Crippen molar-refractivity contribution in [3.8, 4) is 0 Å². The van der Waals surface area contributed by atoms with E-state index >= 15 is 0 Å². The van der Waals surface area contributed by atoms with Crippen molar-refractivity contribution in [2.45, 2.75) is 57.9 Å². The summed E-state index contributed by atoms with van der Waals surface area (Å²) in [5.74, 6) is 0.279. The zero-order valence-corrected chi connectivity index (χ0v) is 9.09. The quantitative estimate of drug-likeness (QED) is 0.749. The van der Waals surface area contributed by atoms with Gasteiger partial charge in [-0.15, -0.1) is 0 Å². The molecule has 0 aromatic carbocycles. The second-order valence-corrected chi connectivity index (χ2v) is 4.12. The van der Waals surface area contributed by atoms with Gasteiger partial charge < -0.3 is 5.73 Å². The van der Waals surface area contributed by atoms with Crippen molar-refractivity contribution in [2.75, 3.05) is 0 Å². The number of allylic oxidation sites excluding steroid dienone is 2. The van der Waals surface area contributed by atoms with Crippen LogP contribution in [0.15, 0.2) is 11.6 Å². The molecule has 0 saturated heterocycles. The van der Waals surface area contributed by atoms with Crippen molar-refractivity contribution in [2.24, 2.45) is 5.73 Å². The van der Waals surface area contributed by atoms with Crippen LogP contribution in [0.25, 0.3) is 0 Å². The van der Waals surface area contributed by atoms with Crippen LogP contribution in [-0.4, -0.2) is 11.8 Å². The Kier molecular flexibility index (Phi) is 4.88. The molecule has 0 radical (unpaired) electrons. The fourth-order valence-corrected chi connectivity index (χ4v) is 1.78. The number of Topliss-reactive ketones (excluding diaryl/α,β-unsaturated/α-hetero) is 1. The fourth-order valence-electron chi connectivity index (χ4n) is 1.78. The minimum absolute atomic E-state index is 0.0478. The highest BCUT2D eigenvalue weighted by Crippen LogP contribution is 2.19. The van der Waals surface area contributed by atoms with Gasteiger partial charge in [-0.1, -0.05) is 19.4 Å². The molecule has 1 aliphatic carbocycles. The van der Waals surface area contributed by atoms with Crippen molar-refractivity contribution < 1.29 is 4.79 Å². The Hall–Kier alpha value is -0.630. The number of nitrogens with two attached hydrogens (primary N) is 1. The molecule has 80 valence electrons. The molecule has 0 saturated carbocycles. The van der Waals surface area contributed by atoms with Gasteiger partial charge >= 0.3 is 0 Å². The Morgan fingerprint density at radius 2 is 2.29 bits per heavy atom. The molecule has 1 aliphatic rings. The first-order valence-electron chi connectivity index (χ1n) is 5.72. The summed E-state index contributed by atoms with van der Waals surface area (Å²) in [5.41, 5.74) is 6.81. The molecule has 0 fully saturated rings. The van der Waals surface area contributed by atoms with Crippen molar-refractivity contribution in [3.63, 3.8) is 0 Å². The van der Waals surface area contributed by atoms with Crippen LogP contribution >= 0.6 is 0 Å². The standard InChI is InChI=1S/C12H21NO/c1-2-11(13)9-12(14)10-7-5-3-4-6-8-10/h7,11H,2-6,8-9,13H2,1H3. The Labute approximate surface area is 86.6 Å². The summed E-state index contributed by atoms with van der Waals surface area (Å²) in [6.07, 6.45) is 9.24. The van der Waals surface area contributed by atoms with Crippen LogP contribution in [0, 0.1) is 0 Å². The maximum Gasteiger partial charge on any atom is 0.160 e. The third-order valence-corrected chi connectivity index (χ3v) is 2.87. The second-order valence-electron chi connectivity index (χ2n) is 4.12. The summed E-state index contributed by atoms with van der Waals surface area (Å²) < 4.78 is 0. The lowest BCUT2D eigenvalue weighted by atomic mass is 9.99. The minimum Gasteiger partial charge on any atom is -0.327 e. The van der Waals surface area contributed by atoms with Gasteiger partial charge in [0.25, 0.3) is 0 Å². The SMILES string of the molecule is CCC(N)CC(=O)C1=CCCCCC1.